The number of nitrogens with zero attached hydrogens (tertiary/aromatic N) is 4. The molecule has 5 heteroatoms. The predicted molar refractivity (Wildman–Crippen MR) is 77.0 cm³/mol. The van der Waals surface area contributed by atoms with E-state index in [-0.39, 0.29) is 0 Å². The summed E-state index contributed by atoms with van der Waals surface area (Å²) in [7, 11) is 0. The molecule has 0 bridgehead atoms. The number of nitrogens with two attached hydrogens (primary N) is 1. The van der Waals surface area contributed by atoms with E-state index in [2.05, 4.69) is 14.9 Å². The van der Waals surface area contributed by atoms with Gasteiger partial charge in [-0.3, -0.25) is 4.57 Å². The molecule has 1 aliphatic rings. The third-order valence-electron chi connectivity index (χ3n) is 3.95. The Kier molecular flexibility index (Phi) is 3.38. The molecule has 5 nitrogen and oxygen atoms in total. The van der Waals surface area contributed by atoms with Crippen molar-refractivity contribution in [3.63, 3.8) is 0 Å². The summed E-state index contributed by atoms with van der Waals surface area (Å²) in [5, 5.41) is 0. The molecule has 0 spiro atoms. The summed E-state index contributed by atoms with van der Waals surface area (Å²) in [6, 6.07) is 1.98. The van der Waals surface area contributed by atoms with Gasteiger partial charge in [-0.2, -0.15) is 0 Å². The Hall–Kier alpha value is -1.62. The van der Waals surface area contributed by atoms with Crippen molar-refractivity contribution in [2.24, 2.45) is 0 Å². The SMILES string of the molecule is Cc1ccnc2c1nc(N)n2CCN1CCCCC1. The standard InChI is InChI=1S/C14H21N5/c1-11-5-6-16-13-12(11)17-14(15)19(13)10-9-18-7-3-2-4-8-18/h5-6H,2-4,7-10H2,1H3,(H2,15,17). The summed E-state index contributed by atoms with van der Waals surface area (Å²) in [4.78, 5) is 11.4. The van der Waals surface area contributed by atoms with Gasteiger partial charge in [0.25, 0.3) is 0 Å². The lowest BCUT2D eigenvalue weighted by molar-refractivity contribution is 0.222. The van der Waals surface area contributed by atoms with Crippen LogP contribution in [0.2, 0.25) is 0 Å². The van der Waals surface area contributed by atoms with E-state index in [4.69, 9.17) is 5.73 Å². The minimum atomic E-state index is 0.578. The quantitative estimate of drug-likeness (QED) is 0.913. The number of hydrogen-bond donors (Lipinski definition) is 1. The normalized spacial score (nSPS) is 17.1. The van der Waals surface area contributed by atoms with E-state index in [1.807, 2.05) is 23.8 Å². The second-order valence-electron chi connectivity index (χ2n) is 5.32. The smallest absolute Gasteiger partial charge is 0.202 e. The number of rotatable bonds is 3. The molecular formula is C14H21N5. The van der Waals surface area contributed by atoms with Gasteiger partial charge >= 0.3 is 0 Å². The van der Waals surface area contributed by atoms with Gasteiger partial charge < -0.3 is 10.6 Å². The summed E-state index contributed by atoms with van der Waals surface area (Å²) in [5.74, 6) is 0.578. The van der Waals surface area contributed by atoms with Crippen LogP contribution in [0.1, 0.15) is 24.8 Å². The van der Waals surface area contributed by atoms with E-state index >= 15 is 0 Å². The maximum atomic E-state index is 6.03. The Labute approximate surface area is 113 Å². The minimum Gasteiger partial charge on any atom is -0.369 e. The van der Waals surface area contributed by atoms with E-state index in [1.165, 1.54) is 32.4 Å². The lowest BCUT2D eigenvalue weighted by Gasteiger charge is -2.26. The zero-order valence-corrected chi connectivity index (χ0v) is 11.5. The fourth-order valence-corrected chi connectivity index (χ4v) is 2.80. The second-order valence-corrected chi connectivity index (χ2v) is 5.32. The topological polar surface area (TPSA) is 60.0 Å². The molecule has 0 saturated carbocycles. The zero-order chi connectivity index (χ0) is 13.2. The first-order valence-corrected chi connectivity index (χ1v) is 7.05. The first-order valence-electron chi connectivity index (χ1n) is 7.05. The van der Waals surface area contributed by atoms with Crippen LogP contribution in [0.5, 0.6) is 0 Å². The van der Waals surface area contributed by atoms with Crippen LogP contribution in [0.3, 0.4) is 0 Å². The summed E-state index contributed by atoms with van der Waals surface area (Å²) < 4.78 is 2.04. The number of fused-ring (bicyclic) bond motifs is 1. The number of likely N-dealkylation sites (tertiary alicyclic amines) is 1. The minimum absolute atomic E-state index is 0.578. The number of imidazole rings is 1. The van der Waals surface area contributed by atoms with Gasteiger partial charge in [-0.05, 0) is 44.5 Å². The summed E-state index contributed by atoms with van der Waals surface area (Å²) in [6.07, 6.45) is 5.83. The molecule has 0 atom stereocenters. The molecule has 2 N–H and O–H groups in total. The van der Waals surface area contributed by atoms with Crippen molar-refractivity contribution in [3.8, 4) is 0 Å². The maximum Gasteiger partial charge on any atom is 0.202 e. The molecule has 0 aliphatic carbocycles. The molecule has 3 rings (SSSR count). The third kappa shape index (κ3) is 2.42. The number of anilines is 1. The summed E-state index contributed by atoms with van der Waals surface area (Å²) in [6.45, 7) is 6.37. The molecule has 1 aliphatic heterocycles. The Morgan fingerprint density at radius 2 is 2.00 bits per heavy atom. The van der Waals surface area contributed by atoms with E-state index in [1.54, 1.807) is 0 Å². The highest BCUT2D eigenvalue weighted by Gasteiger charge is 2.14. The highest BCUT2D eigenvalue weighted by molar-refractivity contribution is 5.77. The maximum absolute atomic E-state index is 6.03. The van der Waals surface area contributed by atoms with Crippen molar-refractivity contribution in [2.45, 2.75) is 32.7 Å². The summed E-state index contributed by atoms with van der Waals surface area (Å²) >= 11 is 0. The fraction of sp³-hybridized carbons (Fsp3) is 0.571. The number of piperidine rings is 1. The molecule has 102 valence electrons. The van der Waals surface area contributed by atoms with Crippen molar-refractivity contribution >= 4 is 17.1 Å². The molecule has 2 aromatic rings. The van der Waals surface area contributed by atoms with Gasteiger partial charge in [-0.15, -0.1) is 0 Å². The molecule has 1 saturated heterocycles. The molecule has 3 heterocycles. The van der Waals surface area contributed by atoms with Gasteiger partial charge in [0.05, 0.1) is 0 Å². The van der Waals surface area contributed by atoms with Crippen LogP contribution in [0.15, 0.2) is 12.3 Å². The Morgan fingerprint density at radius 1 is 1.21 bits per heavy atom. The van der Waals surface area contributed by atoms with Gasteiger partial charge in [-0.1, -0.05) is 6.42 Å². The number of aromatic nitrogens is 3. The molecule has 19 heavy (non-hydrogen) atoms. The number of pyridine rings is 1. The molecule has 0 radical (unpaired) electrons. The lowest BCUT2D eigenvalue weighted by atomic mass is 10.1. The predicted octanol–water partition coefficient (Wildman–Crippen LogP) is 1.81. The number of aryl methyl sites for hydroxylation is 1. The van der Waals surface area contributed by atoms with Crippen LogP contribution in [-0.4, -0.2) is 39.1 Å². The molecular weight excluding hydrogens is 238 g/mol. The largest absolute Gasteiger partial charge is 0.369 e. The van der Waals surface area contributed by atoms with Crippen molar-refractivity contribution in [3.05, 3.63) is 17.8 Å². The van der Waals surface area contributed by atoms with Gasteiger partial charge in [0.1, 0.15) is 5.52 Å². The van der Waals surface area contributed by atoms with Crippen LogP contribution in [0.25, 0.3) is 11.2 Å². The zero-order valence-electron chi connectivity index (χ0n) is 11.5. The van der Waals surface area contributed by atoms with Gasteiger partial charge in [0, 0.05) is 19.3 Å². The average Bonchev–Trinajstić information content (AvgIpc) is 2.75. The van der Waals surface area contributed by atoms with E-state index in [9.17, 15) is 0 Å². The molecule has 0 unspecified atom stereocenters. The molecule has 1 fully saturated rings. The lowest BCUT2D eigenvalue weighted by Crippen LogP contribution is -2.32. The number of nitrogen functional groups attached to an aromatic ring is 1. The Bertz CT molecular complexity index is 568. The number of hydrogen-bond acceptors (Lipinski definition) is 4. The van der Waals surface area contributed by atoms with E-state index in [0.29, 0.717) is 5.95 Å². The van der Waals surface area contributed by atoms with Crippen LogP contribution in [-0.2, 0) is 6.54 Å². The highest BCUT2D eigenvalue weighted by atomic mass is 15.2. The first kappa shape index (κ1) is 12.4. The highest BCUT2D eigenvalue weighted by Crippen LogP contribution is 2.19. The van der Waals surface area contributed by atoms with Gasteiger partial charge in [-0.25, -0.2) is 9.97 Å². The van der Waals surface area contributed by atoms with E-state index in [0.717, 1.165) is 29.8 Å². The Balaban J connectivity index is 1.80. The van der Waals surface area contributed by atoms with Crippen molar-refractivity contribution < 1.29 is 0 Å². The van der Waals surface area contributed by atoms with Crippen molar-refractivity contribution in [2.75, 3.05) is 25.4 Å². The second kappa shape index (κ2) is 5.17. The first-order chi connectivity index (χ1) is 9.25. The monoisotopic (exact) mass is 259 g/mol. The molecule has 2 aromatic heterocycles. The van der Waals surface area contributed by atoms with Crippen molar-refractivity contribution in [1.29, 1.82) is 0 Å². The Morgan fingerprint density at radius 3 is 2.79 bits per heavy atom. The van der Waals surface area contributed by atoms with Crippen LogP contribution in [0, 0.1) is 6.92 Å². The molecule has 0 aromatic carbocycles. The summed E-state index contributed by atoms with van der Waals surface area (Å²) in [5.41, 5.74) is 9.00. The average molecular weight is 259 g/mol. The van der Waals surface area contributed by atoms with E-state index < -0.39 is 0 Å². The van der Waals surface area contributed by atoms with Crippen LogP contribution in [0.4, 0.5) is 5.95 Å². The van der Waals surface area contributed by atoms with Crippen LogP contribution < -0.4 is 5.73 Å². The third-order valence-corrected chi connectivity index (χ3v) is 3.95. The van der Waals surface area contributed by atoms with Crippen molar-refractivity contribution in [1.82, 2.24) is 19.4 Å². The van der Waals surface area contributed by atoms with Gasteiger partial charge in [0.2, 0.25) is 5.95 Å². The fourth-order valence-electron chi connectivity index (χ4n) is 2.80. The van der Waals surface area contributed by atoms with Gasteiger partial charge in [0.15, 0.2) is 5.65 Å². The molecule has 0 amide bonds. The van der Waals surface area contributed by atoms with Crippen LogP contribution >= 0.6 is 0 Å².